The summed E-state index contributed by atoms with van der Waals surface area (Å²) in [7, 11) is 0. The Morgan fingerprint density at radius 2 is 2.09 bits per heavy atom. The van der Waals surface area contributed by atoms with Crippen LogP contribution in [0, 0.1) is 0 Å². The molecule has 4 nitrogen and oxygen atoms in total. The summed E-state index contributed by atoms with van der Waals surface area (Å²) < 4.78 is 0. The average molecular weight is 161 g/mol. The van der Waals surface area contributed by atoms with Crippen molar-refractivity contribution in [3.63, 3.8) is 0 Å². The number of aliphatic hydroxyl groups excluding tert-OH is 3. The number of aliphatic hydroxyl groups is 3. The molecule has 0 aromatic heterocycles. The maximum atomic E-state index is 9.19. The summed E-state index contributed by atoms with van der Waals surface area (Å²) in [5.74, 6) is 0. The van der Waals surface area contributed by atoms with Crippen LogP contribution in [-0.4, -0.2) is 58.7 Å². The first-order valence-corrected chi connectivity index (χ1v) is 3.91. The van der Waals surface area contributed by atoms with Crippen LogP contribution < -0.4 is 0 Å². The summed E-state index contributed by atoms with van der Waals surface area (Å²) in [5, 5.41) is 26.7. The second-order valence-corrected chi connectivity index (χ2v) is 2.94. The fourth-order valence-corrected chi connectivity index (χ4v) is 1.55. The van der Waals surface area contributed by atoms with E-state index in [4.69, 9.17) is 10.2 Å². The van der Waals surface area contributed by atoms with E-state index in [9.17, 15) is 5.11 Å². The van der Waals surface area contributed by atoms with Crippen molar-refractivity contribution < 1.29 is 15.3 Å². The van der Waals surface area contributed by atoms with Crippen LogP contribution in [0.2, 0.25) is 0 Å². The summed E-state index contributed by atoms with van der Waals surface area (Å²) in [6, 6.07) is 0.0390. The van der Waals surface area contributed by atoms with Gasteiger partial charge in [0.1, 0.15) is 0 Å². The molecule has 2 atom stereocenters. The quantitative estimate of drug-likeness (QED) is 0.467. The lowest BCUT2D eigenvalue weighted by molar-refractivity contribution is 0.130. The Kier molecular flexibility index (Phi) is 3.26. The van der Waals surface area contributed by atoms with E-state index in [0.717, 1.165) is 0 Å². The van der Waals surface area contributed by atoms with E-state index in [1.165, 1.54) is 0 Å². The highest BCUT2D eigenvalue weighted by molar-refractivity contribution is 4.84. The zero-order valence-electron chi connectivity index (χ0n) is 6.48. The maximum absolute atomic E-state index is 9.19. The largest absolute Gasteiger partial charge is 0.395 e. The van der Waals surface area contributed by atoms with Gasteiger partial charge in [-0.3, -0.25) is 4.90 Å². The summed E-state index contributed by atoms with van der Waals surface area (Å²) in [6.45, 7) is 1.27. The van der Waals surface area contributed by atoms with Gasteiger partial charge in [0.05, 0.1) is 19.3 Å². The number of hydrogen-bond donors (Lipinski definition) is 3. The van der Waals surface area contributed by atoms with Crippen molar-refractivity contribution in [3.05, 3.63) is 0 Å². The van der Waals surface area contributed by atoms with Crippen LogP contribution in [-0.2, 0) is 0 Å². The van der Waals surface area contributed by atoms with Gasteiger partial charge in [0.2, 0.25) is 0 Å². The van der Waals surface area contributed by atoms with Crippen LogP contribution in [0.25, 0.3) is 0 Å². The molecule has 0 aromatic carbocycles. The first-order chi connectivity index (χ1) is 5.27. The summed E-state index contributed by atoms with van der Waals surface area (Å²) in [6.07, 6.45) is 0.287. The van der Waals surface area contributed by atoms with E-state index in [0.29, 0.717) is 19.5 Å². The predicted molar refractivity (Wildman–Crippen MR) is 40.2 cm³/mol. The van der Waals surface area contributed by atoms with Gasteiger partial charge in [-0.25, -0.2) is 0 Å². The molecular formula is C7H15NO3. The first-order valence-electron chi connectivity index (χ1n) is 3.91. The number of rotatable bonds is 3. The molecule has 0 bridgehead atoms. The third-order valence-corrected chi connectivity index (χ3v) is 2.10. The van der Waals surface area contributed by atoms with Crippen LogP contribution in [0.3, 0.4) is 0 Å². The first kappa shape index (κ1) is 8.93. The molecule has 1 fully saturated rings. The lowest BCUT2D eigenvalue weighted by Gasteiger charge is -2.20. The minimum absolute atomic E-state index is 0.0390. The molecule has 0 amide bonds. The maximum Gasteiger partial charge on any atom is 0.0683 e. The summed E-state index contributed by atoms with van der Waals surface area (Å²) >= 11 is 0. The summed E-state index contributed by atoms with van der Waals surface area (Å²) in [5.41, 5.74) is 0. The number of hydrogen-bond acceptors (Lipinski definition) is 4. The molecule has 0 aliphatic carbocycles. The Balaban J connectivity index is 2.37. The van der Waals surface area contributed by atoms with Crippen molar-refractivity contribution in [2.75, 3.05) is 26.3 Å². The second-order valence-electron chi connectivity index (χ2n) is 2.94. The monoisotopic (exact) mass is 161 g/mol. The van der Waals surface area contributed by atoms with Crippen LogP contribution in [0.4, 0.5) is 0 Å². The van der Waals surface area contributed by atoms with Crippen molar-refractivity contribution in [1.29, 1.82) is 0 Å². The lowest BCUT2D eigenvalue weighted by atomic mass is 10.2. The topological polar surface area (TPSA) is 63.9 Å². The molecule has 1 heterocycles. The normalized spacial score (nSPS) is 33.0. The third kappa shape index (κ3) is 2.13. The molecule has 0 spiro atoms. The van der Waals surface area contributed by atoms with Crippen LogP contribution in [0.1, 0.15) is 6.42 Å². The molecule has 0 saturated carbocycles. The Bertz CT molecular complexity index is 120. The highest BCUT2D eigenvalue weighted by Gasteiger charge is 2.29. The van der Waals surface area contributed by atoms with Crippen molar-refractivity contribution in [3.8, 4) is 0 Å². The molecule has 1 saturated heterocycles. The van der Waals surface area contributed by atoms with Gasteiger partial charge < -0.3 is 15.3 Å². The van der Waals surface area contributed by atoms with Gasteiger partial charge in [-0.15, -0.1) is 0 Å². The molecule has 11 heavy (non-hydrogen) atoms. The van der Waals surface area contributed by atoms with Crippen LogP contribution >= 0.6 is 0 Å². The van der Waals surface area contributed by atoms with E-state index < -0.39 is 0 Å². The number of β-amino-alcohol motifs (C(OH)–C–C–N with tert-alkyl or cyclic N) is 2. The smallest absolute Gasteiger partial charge is 0.0683 e. The van der Waals surface area contributed by atoms with Crippen molar-refractivity contribution in [2.24, 2.45) is 0 Å². The second kappa shape index (κ2) is 4.01. The van der Waals surface area contributed by atoms with Crippen LogP contribution in [0.5, 0.6) is 0 Å². The Morgan fingerprint density at radius 3 is 2.64 bits per heavy atom. The fraction of sp³-hybridized carbons (Fsp3) is 1.00. The van der Waals surface area contributed by atoms with Gasteiger partial charge in [0.25, 0.3) is 0 Å². The molecule has 0 radical (unpaired) electrons. The van der Waals surface area contributed by atoms with E-state index in [-0.39, 0.29) is 25.4 Å². The van der Waals surface area contributed by atoms with Gasteiger partial charge in [-0.2, -0.15) is 0 Å². The molecule has 1 aliphatic heterocycles. The van der Waals surface area contributed by atoms with Crippen molar-refractivity contribution >= 4 is 0 Å². The Hall–Kier alpha value is -0.160. The number of likely N-dealkylation sites (tertiary alicyclic amines) is 1. The Labute approximate surface area is 66.1 Å². The molecule has 4 heteroatoms. The minimum Gasteiger partial charge on any atom is -0.395 e. The van der Waals surface area contributed by atoms with Gasteiger partial charge in [0, 0.05) is 19.1 Å². The Morgan fingerprint density at radius 1 is 1.36 bits per heavy atom. The van der Waals surface area contributed by atoms with E-state index in [1.54, 1.807) is 0 Å². The summed E-state index contributed by atoms with van der Waals surface area (Å²) in [4.78, 5) is 1.91. The zero-order valence-corrected chi connectivity index (χ0v) is 6.48. The predicted octanol–water partition coefficient (Wildman–Crippen LogP) is -1.59. The number of nitrogens with zero attached hydrogens (tertiary/aromatic N) is 1. The lowest BCUT2D eigenvalue weighted by Crippen LogP contribution is -2.34. The molecule has 3 N–H and O–H groups in total. The molecular weight excluding hydrogens is 146 g/mol. The van der Waals surface area contributed by atoms with Gasteiger partial charge >= 0.3 is 0 Å². The highest BCUT2D eigenvalue weighted by atomic mass is 16.3. The molecule has 2 unspecified atom stereocenters. The van der Waals surface area contributed by atoms with E-state index in [1.807, 2.05) is 4.90 Å². The minimum atomic E-state index is -0.335. The SMILES string of the molecule is OCCN1CC(O)CC1CO. The third-order valence-electron chi connectivity index (χ3n) is 2.10. The highest BCUT2D eigenvalue weighted by Crippen LogP contribution is 2.16. The molecule has 1 rings (SSSR count). The van der Waals surface area contributed by atoms with E-state index in [2.05, 4.69) is 0 Å². The molecule has 0 aromatic rings. The van der Waals surface area contributed by atoms with Gasteiger partial charge in [0.15, 0.2) is 0 Å². The average Bonchev–Trinajstić information content (AvgIpc) is 2.32. The fourth-order valence-electron chi connectivity index (χ4n) is 1.55. The van der Waals surface area contributed by atoms with Gasteiger partial charge in [-0.05, 0) is 6.42 Å². The zero-order chi connectivity index (χ0) is 8.27. The van der Waals surface area contributed by atoms with Gasteiger partial charge in [-0.1, -0.05) is 0 Å². The standard InChI is InChI=1S/C7H15NO3/c9-2-1-8-4-7(11)3-6(8)5-10/h6-7,9-11H,1-5H2. The van der Waals surface area contributed by atoms with Crippen molar-refractivity contribution in [2.45, 2.75) is 18.6 Å². The molecule has 66 valence electrons. The van der Waals surface area contributed by atoms with Crippen molar-refractivity contribution in [1.82, 2.24) is 4.90 Å². The molecule has 1 aliphatic rings. The van der Waals surface area contributed by atoms with E-state index >= 15 is 0 Å². The van der Waals surface area contributed by atoms with Crippen LogP contribution in [0.15, 0.2) is 0 Å².